The fourth-order valence-electron chi connectivity index (χ4n) is 3.39. The number of hydrogen-bond donors (Lipinski definition) is 2. The smallest absolute Gasteiger partial charge is 0.307 e. The van der Waals surface area contributed by atoms with Crippen molar-refractivity contribution in [3.63, 3.8) is 0 Å². The molecule has 2 heterocycles. The molecule has 36 heavy (non-hydrogen) atoms. The zero-order valence-electron chi connectivity index (χ0n) is 18.5. The molecule has 184 valence electrons. The topological polar surface area (TPSA) is 86.7 Å². The van der Waals surface area contributed by atoms with Gasteiger partial charge < -0.3 is 10.4 Å². The first-order valence-corrected chi connectivity index (χ1v) is 12.7. The van der Waals surface area contributed by atoms with Crippen molar-refractivity contribution < 1.29 is 28.3 Å². The van der Waals surface area contributed by atoms with Crippen LogP contribution in [0.2, 0.25) is 0 Å². The highest BCUT2D eigenvalue weighted by Crippen LogP contribution is 2.35. The van der Waals surface area contributed by atoms with E-state index < -0.39 is 17.6 Å². The van der Waals surface area contributed by atoms with Crippen LogP contribution in [0.3, 0.4) is 0 Å². The van der Waals surface area contributed by atoms with E-state index in [0.717, 1.165) is 28.8 Å². The maximum Gasteiger partial charge on any atom is 0.307 e. The Morgan fingerprint density at radius 1 is 1.06 bits per heavy atom. The molecule has 11 heteroatoms. The fraction of sp³-hybridized carbons (Fsp3) is 0.120. The fourth-order valence-corrected chi connectivity index (χ4v) is 5.62. The van der Waals surface area contributed by atoms with E-state index in [1.807, 2.05) is 0 Å². The third-order valence-electron chi connectivity index (χ3n) is 5.18. The third-order valence-corrected chi connectivity index (χ3v) is 7.43. The minimum atomic E-state index is -0.938. The minimum Gasteiger partial charge on any atom is -0.481 e. The molecule has 0 spiro atoms. The molecule has 2 aromatic carbocycles. The number of anilines is 1. The first-order valence-electron chi connectivity index (χ1n) is 10.6. The predicted molar refractivity (Wildman–Crippen MR) is 141 cm³/mol. The van der Waals surface area contributed by atoms with Crippen LogP contribution in [0.4, 0.5) is 14.5 Å². The van der Waals surface area contributed by atoms with Crippen LogP contribution in [-0.4, -0.2) is 38.7 Å². The van der Waals surface area contributed by atoms with Crippen LogP contribution in [0.5, 0.6) is 0 Å². The minimum absolute atomic E-state index is 0.0237. The van der Waals surface area contributed by atoms with Crippen molar-refractivity contribution in [3.05, 3.63) is 80.9 Å². The van der Waals surface area contributed by atoms with E-state index >= 15 is 0 Å². The number of benzene rings is 2. The van der Waals surface area contributed by atoms with Crippen molar-refractivity contribution in [1.29, 1.82) is 0 Å². The van der Waals surface area contributed by atoms with Gasteiger partial charge >= 0.3 is 5.97 Å². The van der Waals surface area contributed by atoms with Gasteiger partial charge in [-0.05, 0) is 58.5 Å². The summed E-state index contributed by atoms with van der Waals surface area (Å²) in [5.41, 5.74) is 2.37. The summed E-state index contributed by atoms with van der Waals surface area (Å²) in [4.78, 5) is 38.5. The van der Waals surface area contributed by atoms with E-state index in [9.17, 15) is 23.2 Å². The van der Waals surface area contributed by atoms with E-state index in [2.05, 4.69) is 5.32 Å². The number of thiocarbonyl (C=S) groups is 1. The molecule has 0 saturated carbocycles. The Hall–Kier alpha value is -3.41. The van der Waals surface area contributed by atoms with Crippen molar-refractivity contribution in [3.8, 4) is 11.1 Å². The van der Waals surface area contributed by atoms with Crippen molar-refractivity contribution in [2.75, 3.05) is 11.9 Å². The summed E-state index contributed by atoms with van der Waals surface area (Å²) in [6.07, 6.45) is 1.61. The van der Waals surface area contributed by atoms with E-state index in [1.165, 1.54) is 22.3 Å². The SMILES string of the molecule is O=C(O)Cc1ccc(NC(=O)CCN2C(=O)C(=Cc3cc(-c4ccc(F)c(F)c4)cs3)SC2=S)cc1. The molecule has 0 aliphatic carbocycles. The molecular weight excluding hydrogens is 526 g/mol. The molecule has 0 bridgehead atoms. The first kappa shape index (κ1) is 25.7. The standard InChI is InChI=1S/C25H18F2N2O4S3/c26-19-6-3-15(11-20(19)27)16-10-18(35-13-16)12-21-24(33)29(25(34)36-21)8-7-22(30)28-17-4-1-14(2-5-17)9-23(31)32/h1-6,10-13H,7-9H2,(H,28,30)(H,31,32). The van der Waals surface area contributed by atoms with Crippen molar-refractivity contribution in [1.82, 2.24) is 4.90 Å². The number of hydrogen-bond acceptors (Lipinski definition) is 6. The van der Waals surface area contributed by atoms with Crippen LogP contribution in [-0.2, 0) is 20.8 Å². The number of carboxylic acids is 1. The van der Waals surface area contributed by atoms with Crippen LogP contribution in [0.25, 0.3) is 17.2 Å². The van der Waals surface area contributed by atoms with Crippen LogP contribution < -0.4 is 5.32 Å². The number of amides is 2. The van der Waals surface area contributed by atoms with Gasteiger partial charge in [0, 0.05) is 23.5 Å². The highest BCUT2D eigenvalue weighted by molar-refractivity contribution is 8.26. The van der Waals surface area contributed by atoms with Gasteiger partial charge in [-0.2, -0.15) is 0 Å². The molecule has 0 atom stereocenters. The molecule has 1 aliphatic rings. The number of halogens is 2. The number of thioether (sulfide) groups is 1. The summed E-state index contributed by atoms with van der Waals surface area (Å²) in [6.45, 7) is 0.107. The van der Waals surface area contributed by atoms with Gasteiger partial charge in [-0.15, -0.1) is 11.3 Å². The Morgan fingerprint density at radius 2 is 1.81 bits per heavy atom. The molecular formula is C25H18F2N2O4S3. The molecule has 0 unspecified atom stereocenters. The third kappa shape index (κ3) is 6.23. The normalized spacial score (nSPS) is 14.5. The quantitative estimate of drug-likeness (QED) is 0.286. The Labute approximate surface area is 218 Å². The van der Waals surface area contributed by atoms with E-state index in [4.69, 9.17) is 17.3 Å². The van der Waals surface area contributed by atoms with Gasteiger partial charge in [0.25, 0.3) is 5.91 Å². The maximum atomic E-state index is 13.5. The van der Waals surface area contributed by atoms with Crippen molar-refractivity contribution in [2.45, 2.75) is 12.8 Å². The van der Waals surface area contributed by atoms with Crippen LogP contribution in [0.1, 0.15) is 16.9 Å². The lowest BCUT2D eigenvalue weighted by Crippen LogP contribution is -2.31. The first-order chi connectivity index (χ1) is 17.2. The Bertz CT molecular complexity index is 1390. The number of thiophene rings is 1. The summed E-state index contributed by atoms with van der Waals surface area (Å²) < 4.78 is 27.1. The average molecular weight is 545 g/mol. The zero-order valence-corrected chi connectivity index (χ0v) is 20.9. The monoisotopic (exact) mass is 544 g/mol. The molecule has 1 fully saturated rings. The van der Waals surface area contributed by atoms with Gasteiger partial charge in [-0.1, -0.05) is 42.2 Å². The largest absolute Gasteiger partial charge is 0.481 e. The number of nitrogens with zero attached hydrogens (tertiary/aromatic N) is 1. The molecule has 2 amide bonds. The number of carbonyl (C=O) groups is 3. The number of carbonyl (C=O) groups excluding carboxylic acids is 2. The van der Waals surface area contributed by atoms with Crippen molar-refractivity contribution >= 4 is 69.2 Å². The lowest BCUT2D eigenvalue weighted by molar-refractivity contribution is -0.136. The van der Waals surface area contributed by atoms with Crippen LogP contribution in [0, 0.1) is 11.6 Å². The van der Waals surface area contributed by atoms with Gasteiger partial charge in [0.1, 0.15) is 4.32 Å². The van der Waals surface area contributed by atoms with Crippen LogP contribution >= 0.6 is 35.3 Å². The number of nitrogens with one attached hydrogen (secondary N) is 1. The number of carboxylic acid groups (broad SMARTS) is 1. The molecule has 4 rings (SSSR count). The Kier molecular flexibility index (Phi) is 7.92. The summed E-state index contributed by atoms with van der Waals surface area (Å²) in [5, 5.41) is 13.3. The van der Waals surface area contributed by atoms with E-state index in [-0.39, 0.29) is 31.2 Å². The second-order valence-electron chi connectivity index (χ2n) is 7.77. The summed E-state index contributed by atoms with van der Waals surface area (Å²) >= 11 is 7.81. The van der Waals surface area contributed by atoms with Gasteiger partial charge in [-0.3, -0.25) is 19.3 Å². The Balaban J connectivity index is 1.35. The second kappa shape index (κ2) is 11.1. The lowest BCUT2D eigenvalue weighted by atomic mass is 10.1. The molecule has 1 aromatic heterocycles. The lowest BCUT2D eigenvalue weighted by Gasteiger charge is -2.14. The second-order valence-corrected chi connectivity index (χ2v) is 10.4. The summed E-state index contributed by atoms with van der Waals surface area (Å²) in [6, 6.07) is 11.9. The molecule has 2 N–H and O–H groups in total. The molecule has 1 aliphatic heterocycles. The Morgan fingerprint density at radius 3 is 2.50 bits per heavy atom. The van der Waals surface area contributed by atoms with Gasteiger partial charge in [0.05, 0.1) is 11.3 Å². The number of rotatable bonds is 8. The van der Waals surface area contributed by atoms with Gasteiger partial charge in [0.15, 0.2) is 11.6 Å². The van der Waals surface area contributed by atoms with Crippen molar-refractivity contribution in [2.24, 2.45) is 0 Å². The summed E-state index contributed by atoms with van der Waals surface area (Å²) in [7, 11) is 0. The summed E-state index contributed by atoms with van der Waals surface area (Å²) in [5.74, 6) is -3.40. The maximum absolute atomic E-state index is 13.5. The highest BCUT2D eigenvalue weighted by Gasteiger charge is 2.32. The number of aliphatic carboxylic acids is 1. The zero-order chi connectivity index (χ0) is 25.8. The van der Waals surface area contributed by atoms with E-state index in [0.29, 0.717) is 31.6 Å². The van der Waals surface area contributed by atoms with Crippen LogP contribution in [0.15, 0.2) is 58.8 Å². The highest BCUT2D eigenvalue weighted by atomic mass is 32.2. The average Bonchev–Trinajstić information content (AvgIpc) is 3.40. The predicted octanol–water partition coefficient (Wildman–Crippen LogP) is 5.55. The van der Waals surface area contributed by atoms with E-state index in [1.54, 1.807) is 41.8 Å². The van der Waals surface area contributed by atoms with Gasteiger partial charge in [0.2, 0.25) is 5.91 Å². The molecule has 3 aromatic rings. The molecule has 1 saturated heterocycles. The van der Waals surface area contributed by atoms with Gasteiger partial charge in [-0.25, -0.2) is 8.78 Å². The molecule has 6 nitrogen and oxygen atoms in total. The molecule has 0 radical (unpaired) electrons.